The zero-order chi connectivity index (χ0) is 23.5. The van der Waals surface area contributed by atoms with Gasteiger partial charge in [-0.2, -0.15) is 0 Å². The van der Waals surface area contributed by atoms with Crippen molar-refractivity contribution in [1.29, 1.82) is 0 Å². The number of anilines is 4. The Morgan fingerprint density at radius 3 is 2.67 bits per heavy atom. The summed E-state index contributed by atoms with van der Waals surface area (Å²) >= 11 is 0. The Morgan fingerprint density at radius 1 is 1.12 bits per heavy atom. The molecule has 0 saturated heterocycles. The highest BCUT2D eigenvalue weighted by molar-refractivity contribution is 5.94. The highest BCUT2D eigenvalue weighted by Crippen LogP contribution is 2.33. The Bertz CT molecular complexity index is 1400. The monoisotopic (exact) mass is 451 g/mol. The number of aromatic nitrogens is 4. The van der Waals surface area contributed by atoms with Gasteiger partial charge >= 0.3 is 0 Å². The van der Waals surface area contributed by atoms with Crippen molar-refractivity contribution in [2.75, 3.05) is 24.3 Å². The van der Waals surface area contributed by atoms with Crippen molar-refractivity contribution in [3.63, 3.8) is 0 Å². The summed E-state index contributed by atoms with van der Waals surface area (Å²) < 4.78 is 20.6. The Hall–Kier alpha value is -4.41. The molecule has 4 aromatic rings. The molecule has 3 heterocycles. The molecule has 0 aliphatic rings. The highest BCUT2D eigenvalue weighted by atomic mass is 19.1. The minimum atomic E-state index is -0.542. The van der Waals surface area contributed by atoms with Crippen molar-refractivity contribution in [1.82, 2.24) is 25.1 Å². The number of para-hydroxylation sites is 1. The third-order valence-corrected chi connectivity index (χ3v) is 4.83. The van der Waals surface area contributed by atoms with Crippen molar-refractivity contribution < 1.29 is 13.9 Å². The molecule has 0 unspecified atom stereocenters. The molecule has 33 heavy (non-hydrogen) atoms. The van der Waals surface area contributed by atoms with Gasteiger partial charge in [0.05, 0.1) is 18.5 Å². The van der Waals surface area contributed by atoms with Gasteiger partial charge in [-0.15, -0.1) is 0 Å². The van der Waals surface area contributed by atoms with Crippen LogP contribution in [-0.2, 0) is 7.05 Å². The molecule has 0 radical (unpaired) electrons. The fourth-order valence-electron chi connectivity index (χ4n) is 3.36. The second kappa shape index (κ2) is 8.99. The van der Waals surface area contributed by atoms with Crippen molar-refractivity contribution in [2.45, 2.75) is 6.92 Å². The number of hydrogen-bond acceptors (Lipinski definition) is 7. The second-order valence-corrected chi connectivity index (χ2v) is 7.09. The van der Waals surface area contributed by atoms with Crippen LogP contribution in [0.15, 0.2) is 47.3 Å². The molecule has 10 nitrogen and oxygen atoms in total. The first kappa shape index (κ1) is 21.8. The van der Waals surface area contributed by atoms with Crippen molar-refractivity contribution in [3.8, 4) is 5.75 Å². The van der Waals surface area contributed by atoms with Gasteiger partial charge in [-0.3, -0.25) is 19.4 Å². The summed E-state index contributed by atoms with van der Waals surface area (Å²) in [4.78, 5) is 33.5. The molecule has 0 fully saturated rings. The van der Waals surface area contributed by atoms with Crippen molar-refractivity contribution >= 4 is 40.0 Å². The number of nitrogens with zero attached hydrogens (tertiary/aromatic N) is 3. The predicted molar refractivity (Wildman–Crippen MR) is 123 cm³/mol. The maximum Gasteiger partial charge on any atom is 0.277 e. The summed E-state index contributed by atoms with van der Waals surface area (Å²) in [6.07, 6.45) is 0. The number of amides is 1. The van der Waals surface area contributed by atoms with Crippen LogP contribution in [0.5, 0.6) is 5.75 Å². The summed E-state index contributed by atoms with van der Waals surface area (Å²) in [5, 5.41) is 12.0. The number of hydrogen-bond donors (Lipinski definition) is 4. The average Bonchev–Trinajstić information content (AvgIpc) is 3.08. The van der Waals surface area contributed by atoms with Crippen LogP contribution in [0.1, 0.15) is 17.4 Å². The van der Waals surface area contributed by atoms with E-state index in [-0.39, 0.29) is 22.9 Å². The van der Waals surface area contributed by atoms with E-state index in [4.69, 9.17) is 4.74 Å². The molecule has 3 aromatic heterocycles. The van der Waals surface area contributed by atoms with Crippen LogP contribution in [0.4, 0.5) is 27.4 Å². The van der Waals surface area contributed by atoms with Crippen molar-refractivity contribution in [2.24, 2.45) is 7.05 Å². The number of benzene rings is 1. The Morgan fingerprint density at radius 2 is 1.91 bits per heavy atom. The number of aromatic amines is 1. The van der Waals surface area contributed by atoms with E-state index in [2.05, 4.69) is 31.0 Å². The number of fused-ring (bicyclic) bond motifs is 1. The number of ether oxygens (including phenoxy) is 1. The molecule has 0 atom stereocenters. The maximum atomic E-state index is 14.2. The van der Waals surface area contributed by atoms with Crippen LogP contribution in [0.3, 0.4) is 0 Å². The lowest BCUT2D eigenvalue weighted by Crippen LogP contribution is -2.23. The van der Waals surface area contributed by atoms with Crippen LogP contribution in [0.2, 0.25) is 0 Å². The zero-order valence-corrected chi connectivity index (χ0v) is 18.2. The lowest BCUT2D eigenvalue weighted by molar-refractivity contribution is 0.0951. The summed E-state index contributed by atoms with van der Waals surface area (Å²) in [7, 11) is 2.93. The number of H-pyrrole nitrogens is 1. The van der Waals surface area contributed by atoms with E-state index < -0.39 is 5.82 Å². The molecular weight excluding hydrogens is 429 g/mol. The van der Waals surface area contributed by atoms with Gasteiger partial charge in [0.1, 0.15) is 22.7 Å². The van der Waals surface area contributed by atoms with E-state index >= 15 is 0 Å². The molecule has 0 aliphatic carbocycles. The molecule has 1 amide bonds. The van der Waals surface area contributed by atoms with Gasteiger partial charge in [0.15, 0.2) is 17.2 Å². The number of aryl methyl sites for hydroxylation is 1. The summed E-state index contributed by atoms with van der Waals surface area (Å²) in [6.45, 7) is 2.30. The second-order valence-electron chi connectivity index (χ2n) is 7.09. The molecule has 170 valence electrons. The average molecular weight is 451 g/mol. The van der Waals surface area contributed by atoms with Gasteiger partial charge in [0.2, 0.25) is 0 Å². The first-order valence-electron chi connectivity index (χ1n) is 10.1. The third kappa shape index (κ3) is 4.33. The SMILES string of the molecule is CCNC(=O)c1cccc(Nc2cc(Nc3cccc(F)c3OC)c3c(=O)n(C)[nH]c3n2)n1. The van der Waals surface area contributed by atoms with E-state index in [1.165, 1.54) is 23.9 Å². The fraction of sp³-hybridized carbons (Fsp3) is 0.182. The quantitative estimate of drug-likeness (QED) is 0.340. The van der Waals surface area contributed by atoms with E-state index in [9.17, 15) is 14.0 Å². The molecule has 4 rings (SSSR count). The van der Waals surface area contributed by atoms with Gasteiger partial charge in [0.25, 0.3) is 11.5 Å². The van der Waals surface area contributed by atoms with Gasteiger partial charge < -0.3 is 20.7 Å². The minimum absolute atomic E-state index is 0.0145. The van der Waals surface area contributed by atoms with E-state index in [0.717, 1.165) is 0 Å². The van der Waals surface area contributed by atoms with Crippen LogP contribution >= 0.6 is 0 Å². The van der Waals surface area contributed by atoms with E-state index in [1.54, 1.807) is 37.4 Å². The Labute approximate surface area is 187 Å². The molecular formula is C22H22FN7O3. The van der Waals surface area contributed by atoms with E-state index in [0.29, 0.717) is 40.6 Å². The smallest absolute Gasteiger partial charge is 0.277 e. The Balaban J connectivity index is 1.76. The maximum absolute atomic E-state index is 14.2. The fourth-order valence-corrected chi connectivity index (χ4v) is 3.36. The van der Waals surface area contributed by atoms with Crippen LogP contribution < -0.4 is 26.2 Å². The summed E-state index contributed by atoms with van der Waals surface area (Å²) in [5.41, 5.74) is 0.978. The number of carbonyl (C=O) groups is 1. The zero-order valence-electron chi connectivity index (χ0n) is 18.2. The number of rotatable bonds is 7. The third-order valence-electron chi connectivity index (χ3n) is 4.83. The lowest BCUT2D eigenvalue weighted by atomic mass is 10.2. The van der Waals surface area contributed by atoms with Crippen LogP contribution in [-0.4, -0.2) is 39.3 Å². The molecule has 4 N–H and O–H groups in total. The number of nitrogens with one attached hydrogen (secondary N) is 4. The molecule has 0 bridgehead atoms. The highest BCUT2D eigenvalue weighted by Gasteiger charge is 2.17. The van der Waals surface area contributed by atoms with E-state index in [1.807, 2.05) is 6.92 Å². The Kier molecular flexibility index (Phi) is 5.94. The largest absolute Gasteiger partial charge is 0.492 e. The predicted octanol–water partition coefficient (Wildman–Crippen LogP) is 3.04. The topological polar surface area (TPSA) is 126 Å². The molecule has 0 saturated carbocycles. The molecule has 11 heteroatoms. The lowest BCUT2D eigenvalue weighted by Gasteiger charge is -2.13. The first-order chi connectivity index (χ1) is 15.9. The summed E-state index contributed by atoms with van der Waals surface area (Å²) in [5.74, 6) is -0.0847. The van der Waals surface area contributed by atoms with Gasteiger partial charge in [-0.05, 0) is 31.2 Å². The number of halogens is 1. The van der Waals surface area contributed by atoms with Crippen LogP contribution in [0, 0.1) is 5.82 Å². The molecule has 0 spiro atoms. The van der Waals surface area contributed by atoms with Gasteiger partial charge in [0, 0.05) is 19.7 Å². The number of methoxy groups -OCH3 is 1. The number of carbonyl (C=O) groups excluding carboxylic acids is 1. The van der Waals surface area contributed by atoms with Gasteiger partial charge in [-0.1, -0.05) is 12.1 Å². The standard InChI is InChI=1S/C22H22FN7O3/c1-4-24-21(31)14-9-6-10-16(26-14)27-17-11-15(18-20(28-17)29-30(2)22(18)32)25-13-8-5-7-12(23)19(13)33-3/h5-11H,4H2,1-3H3,(H,24,31)(H3,25,26,27,28,29). The first-order valence-corrected chi connectivity index (χ1v) is 10.1. The van der Waals surface area contributed by atoms with Crippen molar-refractivity contribution in [3.05, 3.63) is 64.3 Å². The number of pyridine rings is 2. The van der Waals surface area contributed by atoms with Crippen LogP contribution in [0.25, 0.3) is 11.0 Å². The normalized spacial score (nSPS) is 10.8. The van der Waals surface area contributed by atoms with Gasteiger partial charge in [-0.25, -0.2) is 14.4 Å². The minimum Gasteiger partial charge on any atom is -0.492 e. The molecule has 1 aromatic carbocycles. The molecule has 0 aliphatic heterocycles. The summed E-state index contributed by atoms with van der Waals surface area (Å²) in [6, 6.07) is 11.0.